The van der Waals surface area contributed by atoms with Gasteiger partial charge in [-0.2, -0.15) is 0 Å². The van der Waals surface area contributed by atoms with Crippen molar-refractivity contribution in [3.8, 4) is 5.75 Å². The van der Waals surface area contributed by atoms with E-state index in [0.717, 1.165) is 49.0 Å². The zero-order chi connectivity index (χ0) is 17.1. The summed E-state index contributed by atoms with van der Waals surface area (Å²) in [7, 11) is 1.65. The third-order valence-corrected chi connectivity index (χ3v) is 4.60. The summed E-state index contributed by atoms with van der Waals surface area (Å²) in [5, 5.41) is 10.3. The molecule has 2 unspecified atom stereocenters. The summed E-state index contributed by atoms with van der Waals surface area (Å²) in [4.78, 5) is 2.08. The number of rotatable bonds is 5. The van der Waals surface area contributed by atoms with Crippen LogP contribution in [-0.2, 0) is 0 Å². The lowest BCUT2D eigenvalue weighted by Gasteiger charge is -2.21. The van der Waals surface area contributed by atoms with Crippen LogP contribution in [0.5, 0.6) is 5.75 Å². The van der Waals surface area contributed by atoms with Crippen LogP contribution < -0.4 is 4.74 Å². The number of likely N-dealkylation sites (tertiary alicyclic amines) is 1. The topological polar surface area (TPSA) is 32.7 Å². The van der Waals surface area contributed by atoms with E-state index in [-0.39, 0.29) is 12.1 Å². The number of halogens is 2. The number of hydrogen-bond acceptors (Lipinski definition) is 3. The Morgan fingerprint density at radius 2 is 2.04 bits per heavy atom. The van der Waals surface area contributed by atoms with E-state index in [1.807, 2.05) is 18.2 Å². The lowest BCUT2D eigenvalue weighted by atomic mass is 9.97. The van der Waals surface area contributed by atoms with Crippen molar-refractivity contribution in [3.63, 3.8) is 0 Å². The number of aliphatic hydroxyl groups is 1. The molecule has 1 fully saturated rings. The van der Waals surface area contributed by atoms with Crippen LogP contribution in [0.1, 0.15) is 29.6 Å². The molecule has 1 N–H and O–H groups in total. The molecule has 0 radical (unpaired) electrons. The van der Waals surface area contributed by atoms with E-state index in [1.54, 1.807) is 7.11 Å². The number of hydrogen-bond donors (Lipinski definition) is 1. The lowest BCUT2D eigenvalue weighted by molar-refractivity contribution is 0.121. The van der Waals surface area contributed by atoms with Gasteiger partial charge >= 0.3 is 0 Å². The van der Waals surface area contributed by atoms with Gasteiger partial charge in [0.1, 0.15) is 17.4 Å². The third kappa shape index (κ3) is 3.57. The maximum Gasteiger partial charge on any atom is 0.129 e. The molecule has 3 rings (SSSR count). The fourth-order valence-electron chi connectivity index (χ4n) is 3.37. The molecule has 1 aliphatic heterocycles. The molecular formula is C19H21F2NO2. The highest BCUT2D eigenvalue weighted by Crippen LogP contribution is 2.34. The van der Waals surface area contributed by atoms with Crippen LogP contribution in [0, 0.1) is 11.6 Å². The molecule has 2 atom stereocenters. The SMILES string of the molecule is COc1ccccc1C1CCN(CC(O)c2cc(F)ccc2F)C1. The van der Waals surface area contributed by atoms with Gasteiger partial charge in [0.05, 0.1) is 13.2 Å². The molecular weight excluding hydrogens is 312 g/mol. The minimum absolute atomic E-state index is 0.00995. The van der Waals surface area contributed by atoms with Crippen LogP contribution in [0.2, 0.25) is 0 Å². The Hall–Kier alpha value is -1.98. The molecule has 0 bridgehead atoms. The maximum absolute atomic E-state index is 13.8. The van der Waals surface area contributed by atoms with Gasteiger partial charge in [0, 0.05) is 24.6 Å². The second-order valence-electron chi connectivity index (χ2n) is 6.17. The highest BCUT2D eigenvalue weighted by atomic mass is 19.1. The second-order valence-corrected chi connectivity index (χ2v) is 6.17. The Bertz CT molecular complexity index is 708. The Labute approximate surface area is 140 Å². The summed E-state index contributed by atoms with van der Waals surface area (Å²) in [6.45, 7) is 1.84. The number of aliphatic hydroxyl groups excluding tert-OH is 1. The van der Waals surface area contributed by atoms with E-state index in [9.17, 15) is 13.9 Å². The molecule has 0 aliphatic carbocycles. The van der Waals surface area contributed by atoms with Gasteiger partial charge in [-0.3, -0.25) is 4.90 Å². The second kappa shape index (κ2) is 7.28. The lowest BCUT2D eigenvalue weighted by Crippen LogP contribution is -2.26. The van der Waals surface area contributed by atoms with Gasteiger partial charge < -0.3 is 9.84 Å². The van der Waals surface area contributed by atoms with Gasteiger partial charge in [-0.05, 0) is 42.8 Å². The molecule has 1 heterocycles. The number of benzene rings is 2. The van der Waals surface area contributed by atoms with Gasteiger partial charge in [0.2, 0.25) is 0 Å². The van der Waals surface area contributed by atoms with Gasteiger partial charge in [0.25, 0.3) is 0 Å². The van der Waals surface area contributed by atoms with Gasteiger partial charge in [-0.15, -0.1) is 0 Å². The van der Waals surface area contributed by atoms with E-state index in [2.05, 4.69) is 11.0 Å². The highest BCUT2D eigenvalue weighted by molar-refractivity contribution is 5.37. The Balaban J connectivity index is 1.67. The molecule has 1 aliphatic rings. The van der Waals surface area contributed by atoms with E-state index in [1.165, 1.54) is 0 Å². The Kier molecular flexibility index (Phi) is 5.11. The van der Waals surface area contributed by atoms with Crippen molar-refractivity contribution in [2.75, 3.05) is 26.7 Å². The van der Waals surface area contributed by atoms with Crippen LogP contribution in [-0.4, -0.2) is 36.8 Å². The fraction of sp³-hybridized carbons (Fsp3) is 0.368. The number of ether oxygens (including phenoxy) is 1. The van der Waals surface area contributed by atoms with Crippen molar-refractivity contribution in [1.82, 2.24) is 4.90 Å². The molecule has 3 nitrogen and oxygen atoms in total. The fourth-order valence-corrected chi connectivity index (χ4v) is 3.37. The van der Waals surface area contributed by atoms with Crippen molar-refractivity contribution in [2.24, 2.45) is 0 Å². The Morgan fingerprint density at radius 1 is 1.25 bits per heavy atom. The molecule has 0 spiro atoms. The smallest absolute Gasteiger partial charge is 0.129 e. The first kappa shape index (κ1) is 16.9. The van der Waals surface area contributed by atoms with Crippen molar-refractivity contribution < 1.29 is 18.6 Å². The average molecular weight is 333 g/mol. The molecule has 0 aromatic heterocycles. The molecule has 2 aromatic carbocycles. The maximum atomic E-state index is 13.8. The summed E-state index contributed by atoms with van der Waals surface area (Å²) < 4.78 is 32.5. The Morgan fingerprint density at radius 3 is 2.83 bits per heavy atom. The quantitative estimate of drug-likeness (QED) is 0.909. The van der Waals surface area contributed by atoms with Crippen LogP contribution in [0.3, 0.4) is 0 Å². The summed E-state index contributed by atoms with van der Waals surface area (Å²) in [6.07, 6.45) is -0.101. The zero-order valence-corrected chi connectivity index (χ0v) is 13.6. The van der Waals surface area contributed by atoms with Gasteiger partial charge in [0.15, 0.2) is 0 Å². The first-order valence-electron chi connectivity index (χ1n) is 8.06. The normalized spacial score (nSPS) is 19.4. The standard InChI is InChI=1S/C19H21F2NO2/c1-24-19-5-3-2-4-15(19)13-8-9-22(11-13)12-18(23)16-10-14(20)6-7-17(16)21/h2-7,10,13,18,23H,8-9,11-12H2,1H3. The first-order chi connectivity index (χ1) is 11.6. The largest absolute Gasteiger partial charge is 0.496 e. The van der Waals surface area contributed by atoms with Crippen LogP contribution in [0.15, 0.2) is 42.5 Å². The minimum atomic E-state index is -1.04. The third-order valence-electron chi connectivity index (χ3n) is 4.60. The van der Waals surface area contributed by atoms with Gasteiger partial charge in [-0.1, -0.05) is 18.2 Å². The van der Waals surface area contributed by atoms with Crippen molar-refractivity contribution >= 4 is 0 Å². The van der Waals surface area contributed by atoms with Crippen LogP contribution >= 0.6 is 0 Å². The molecule has 2 aromatic rings. The number of para-hydroxylation sites is 1. The van der Waals surface area contributed by atoms with Crippen molar-refractivity contribution in [2.45, 2.75) is 18.4 Å². The summed E-state index contributed by atoms with van der Waals surface area (Å²) >= 11 is 0. The van der Waals surface area contributed by atoms with E-state index < -0.39 is 17.7 Å². The average Bonchev–Trinajstić information content (AvgIpc) is 3.05. The zero-order valence-electron chi connectivity index (χ0n) is 13.6. The van der Waals surface area contributed by atoms with E-state index in [0.29, 0.717) is 5.92 Å². The number of β-amino-alcohol motifs (C(OH)–C–C–N with tert-alkyl or cyclic N) is 1. The first-order valence-corrected chi connectivity index (χ1v) is 8.06. The van der Waals surface area contributed by atoms with Crippen molar-refractivity contribution in [1.29, 1.82) is 0 Å². The summed E-state index contributed by atoms with van der Waals surface area (Å²) in [6, 6.07) is 11.1. The van der Waals surface area contributed by atoms with Crippen molar-refractivity contribution in [3.05, 3.63) is 65.2 Å². The van der Waals surface area contributed by atoms with Gasteiger partial charge in [-0.25, -0.2) is 8.78 Å². The van der Waals surface area contributed by atoms with Crippen LogP contribution in [0.25, 0.3) is 0 Å². The predicted octanol–water partition coefficient (Wildman–Crippen LogP) is 3.50. The molecule has 5 heteroatoms. The highest BCUT2D eigenvalue weighted by Gasteiger charge is 2.28. The summed E-state index contributed by atoms with van der Waals surface area (Å²) in [5.74, 6) is 0.0509. The monoisotopic (exact) mass is 333 g/mol. The van der Waals surface area contributed by atoms with E-state index >= 15 is 0 Å². The molecule has 0 amide bonds. The molecule has 0 saturated carbocycles. The van der Waals surface area contributed by atoms with E-state index in [4.69, 9.17) is 4.74 Å². The summed E-state index contributed by atoms with van der Waals surface area (Å²) in [5.41, 5.74) is 1.16. The molecule has 24 heavy (non-hydrogen) atoms. The van der Waals surface area contributed by atoms with Crippen LogP contribution in [0.4, 0.5) is 8.78 Å². The predicted molar refractivity (Wildman–Crippen MR) is 88.1 cm³/mol. The minimum Gasteiger partial charge on any atom is -0.496 e. The number of nitrogens with zero attached hydrogens (tertiary/aromatic N) is 1. The molecule has 1 saturated heterocycles. The molecule has 128 valence electrons. The number of methoxy groups -OCH3 is 1.